The molecule has 24 heavy (non-hydrogen) atoms. The topological polar surface area (TPSA) is 46.6 Å². The fourth-order valence-electron chi connectivity index (χ4n) is 3.59. The number of carbonyl (C=O) groups excluding carboxylic acids is 2. The summed E-state index contributed by atoms with van der Waals surface area (Å²) in [5, 5.41) is 0. The smallest absolute Gasteiger partial charge is 0.410 e. The molecule has 1 amide bonds. The maximum atomic E-state index is 12.5. The lowest BCUT2D eigenvalue weighted by Crippen LogP contribution is -2.49. The summed E-state index contributed by atoms with van der Waals surface area (Å²) in [6.07, 6.45) is 3.63. The van der Waals surface area contributed by atoms with Gasteiger partial charge in [-0.05, 0) is 46.5 Å². The van der Waals surface area contributed by atoms with E-state index in [9.17, 15) is 9.59 Å². The summed E-state index contributed by atoms with van der Waals surface area (Å²) in [6.45, 7) is 12.2. The van der Waals surface area contributed by atoms with Crippen molar-refractivity contribution in [3.05, 3.63) is 0 Å². The lowest BCUT2D eigenvalue weighted by Gasteiger charge is -2.38. The van der Waals surface area contributed by atoms with Gasteiger partial charge in [-0.2, -0.15) is 0 Å². The number of piperidine rings is 1. The van der Waals surface area contributed by atoms with Crippen LogP contribution in [0.15, 0.2) is 0 Å². The molecule has 0 aliphatic carbocycles. The molecule has 2 saturated heterocycles. The van der Waals surface area contributed by atoms with E-state index in [1.54, 1.807) is 0 Å². The number of Topliss-reactive ketones (excluding diaryl/α,β-unsaturated/α-hetero) is 1. The van der Waals surface area contributed by atoms with E-state index in [-0.39, 0.29) is 29.9 Å². The predicted molar refractivity (Wildman–Crippen MR) is 98.4 cm³/mol. The van der Waals surface area contributed by atoms with Gasteiger partial charge < -0.3 is 9.64 Å². The van der Waals surface area contributed by atoms with Crippen molar-refractivity contribution < 1.29 is 14.3 Å². The molecule has 2 bridgehead atoms. The van der Waals surface area contributed by atoms with Crippen LogP contribution in [0.2, 0.25) is 19.6 Å². The van der Waals surface area contributed by atoms with E-state index in [4.69, 9.17) is 4.74 Å². The number of nitrogens with zero attached hydrogens (tertiary/aromatic N) is 1. The van der Waals surface area contributed by atoms with Crippen LogP contribution < -0.4 is 0 Å². The van der Waals surface area contributed by atoms with Gasteiger partial charge in [-0.3, -0.25) is 4.79 Å². The van der Waals surface area contributed by atoms with Gasteiger partial charge in [-0.15, -0.1) is 11.5 Å². The second kappa shape index (κ2) is 6.91. The van der Waals surface area contributed by atoms with E-state index in [1.165, 1.54) is 0 Å². The minimum atomic E-state index is -1.42. The fourth-order valence-corrected chi connectivity index (χ4v) is 4.21. The number of hydrogen-bond acceptors (Lipinski definition) is 3. The minimum absolute atomic E-state index is 0.0529. The first-order valence-corrected chi connectivity index (χ1v) is 12.5. The normalized spacial score (nSPS) is 26.6. The maximum absolute atomic E-state index is 12.5. The van der Waals surface area contributed by atoms with E-state index in [2.05, 4.69) is 31.1 Å². The van der Waals surface area contributed by atoms with Crippen LogP contribution in [-0.4, -0.2) is 42.5 Å². The minimum Gasteiger partial charge on any atom is -0.444 e. The summed E-state index contributed by atoms with van der Waals surface area (Å²) in [7, 11) is -1.42. The van der Waals surface area contributed by atoms with Gasteiger partial charge in [-0.1, -0.05) is 19.6 Å². The largest absolute Gasteiger partial charge is 0.444 e. The Hall–Kier alpha value is -1.28. The molecule has 2 aliphatic rings. The standard InChI is InChI=1S/C19H31NO3Si/c1-19(2,3)23-18(22)20-15-9-10-16(20)13-14(12-15)17(21)8-7-11-24(4,5)6/h14-16H,8-10,12-13H2,1-6H3. The molecule has 0 spiro atoms. The Labute approximate surface area is 147 Å². The number of ketones is 1. The van der Waals surface area contributed by atoms with Crippen molar-refractivity contribution in [1.82, 2.24) is 4.90 Å². The highest BCUT2D eigenvalue weighted by Gasteiger charge is 2.46. The summed E-state index contributed by atoms with van der Waals surface area (Å²) in [5.41, 5.74) is 2.79. The molecule has 0 radical (unpaired) electrons. The van der Waals surface area contributed by atoms with Crippen LogP contribution in [0.4, 0.5) is 4.79 Å². The van der Waals surface area contributed by atoms with Gasteiger partial charge in [0.25, 0.3) is 0 Å². The zero-order valence-corrected chi connectivity index (χ0v) is 16.9. The van der Waals surface area contributed by atoms with Gasteiger partial charge in [0, 0.05) is 18.0 Å². The Morgan fingerprint density at radius 3 is 2.12 bits per heavy atom. The van der Waals surface area contributed by atoms with Crippen molar-refractivity contribution in [1.29, 1.82) is 0 Å². The zero-order chi connectivity index (χ0) is 18.1. The first kappa shape index (κ1) is 19.0. The fraction of sp³-hybridized carbons (Fsp3) is 0.789. The molecular weight excluding hydrogens is 318 g/mol. The van der Waals surface area contributed by atoms with Gasteiger partial charge in [0.1, 0.15) is 19.5 Å². The van der Waals surface area contributed by atoms with Crippen LogP contribution in [0, 0.1) is 17.4 Å². The molecule has 2 aliphatic heterocycles. The lowest BCUT2D eigenvalue weighted by atomic mass is 9.86. The third-order valence-electron chi connectivity index (χ3n) is 4.52. The molecule has 0 aromatic heterocycles. The Balaban J connectivity index is 1.96. The molecule has 2 fully saturated rings. The van der Waals surface area contributed by atoms with Crippen LogP contribution >= 0.6 is 0 Å². The zero-order valence-electron chi connectivity index (χ0n) is 15.9. The predicted octanol–water partition coefficient (Wildman–Crippen LogP) is 4.00. The number of ether oxygens (including phenoxy) is 1. The molecule has 0 aromatic rings. The average Bonchev–Trinajstić information content (AvgIpc) is 2.66. The number of amides is 1. The van der Waals surface area contributed by atoms with Crippen LogP contribution in [0.5, 0.6) is 0 Å². The molecule has 4 nitrogen and oxygen atoms in total. The quantitative estimate of drug-likeness (QED) is 0.559. The molecule has 0 N–H and O–H groups in total. The highest BCUT2D eigenvalue weighted by atomic mass is 28.3. The van der Waals surface area contributed by atoms with Crippen LogP contribution in [0.1, 0.15) is 52.9 Å². The summed E-state index contributed by atoms with van der Waals surface area (Å²) in [6, 6.07) is 0.301. The van der Waals surface area contributed by atoms with Crippen LogP contribution in [0.3, 0.4) is 0 Å². The Morgan fingerprint density at radius 1 is 1.12 bits per heavy atom. The van der Waals surface area contributed by atoms with Gasteiger partial charge in [0.05, 0.1) is 6.42 Å². The maximum Gasteiger partial charge on any atom is 0.410 e. The lowest BCUT2D eigenvalue weighted by molar-refractivity contribution is -0.124. The van der Waals surface area contributed by atoms with E-state index < -0.39 is 13.7 Å². The van der Waals surface area contributed by atoms with E-state index >= 15 is 0 Å². The van der Waals surface area contributed by atoms with Gasteiger partial charge >= 0.3 is 6.09 Å². The van der Waals surface area contributed by atoms with Crippen molar-refractivity contribution in [3.8, 4) is 11.5 Å². The van der Waals surface area contributed by atoms with Crippen molar-refractivity contribution in [3.63, 3.8) is 0 Å². The summed E-state index contributed by atoms with van der Waals surface area (Å²) >= 11 is 0. The highest BCUT2D eigenvalue weighted by molar-refractivity contribution is 6.83. The molecule has 0 saturated carbocycles. The van der Waals surface area contributed by atoms with E-state index in [1.807, 2.05) is 25.7 Å². The number of carbonyl (C=O) groups is 2. The summed E-state index contributed by atoms with van der Waals surface area (Å²) in [4.78, 5) is 26.8. The first-order chi connectivity index (χ1) is 11.0. The van der Waals surface area contributed by atoms with Crippen molar-refractivity contribution >= 4 is 20.0 Å². The van der Waals surface area contributed by atoms with Crippen LogP contribution in [0.25, 0.3) is 0 Å². The van der Waals surface area contributed by atoms with Crippen molar-refractivity contribution in [2.75, 3.05) is 0 Å². The van der Waals surface area contributed by atoms with Gasteiger partial charge in [-0.25, -0.2) is 4.79 Å². The van der Waals surface area contributed by atoms with Crippen molar-refractivity contribution in [2.45, 2.75) is 90.2 Å². The molecule has 2 heterocycles. The number of fused-ring (bicyclic) bond motifs is 2. The third-order valence-corrected chi connectivity index (χ3v) is 5.45. The molecule has 2 unspecified atom stereocenters. The highest BCUT2D eigenvalue weighted by Crippen LogP contribution is 2.40. The SMILES string of the molecule is CC(C)(C)OC(=O)N1C2CCC1CC(C(=O)CC#C[Si](C)(C)C)C2. The van der Waals surface area contributed by atoms with Gasteiger partial charge in [0.2, 0.25) is 0 Å². The molecule has 134 valence electrons. The number of rotatable bonds is 2. The van der Waals surface area contributed by atoms with E-state index in [0.717, 1.165) is 25.7 Å². The van der Waals surface area contributed by atoms with Crippen molar-refractivity contribution in [2.24, 2.45) is 5.92 Å². The Morgan fingerprint density at radius 2 is 1.67 bits per heavy atom. The molecule has 2 rings (SSSR count). The van der Waals surface area contributed by atoms with Crippen LogP contribution in [-0.2, 0) is 9.53 Å². The third kappa shape index (κ3) is 5.11. The number of hydrogen-bond donors (Lipinski definition) is 0. The first-order valence-electron chi connectivity index (χ1n) is 9.00. The molecule has 5 heteroatoms. The second-order valence-electron chi connectivity index (χ2n) is 9.14. The van der Waals surface area contributed by atoms with Gasteiger partial charge in [0.15, 0.2) is 0 Å². The molecule has 0 aromatic carbocycles. The summed E-state index contributed by atoms with van der Waals surface area (Å²) < 4.78 is 5.54. The Bertz CT molecular complexity index is 548. The second-order valence-corrected chi connectivity index (χ2v) is 13.9. The Kier molecular flexibility index (Phi) is 5.49. The molecule has 2 atom stereocenters. The average molecular weight is 350 g/mol. The van der Waals surface area contributed by atoms with E-state index in [0.29, 0.717) is 6.42 Å². The summed E-state index contributed by atoms with van der Waals surface area (Å²) in [5.74, 6) is 3.40. The molecular formula is C19H31NO3Si. The monoisotopic (exact) mass is 349 g/mol.